The fourth-order valence-electron chi connectivity index (χ4n) is 2.55. The number of carboxylic acids is 1. The van der Waals surface area contributed by atoms with Gasteiger partial charge in [-0.05, 0) is 30.1 Å². The Hall–Kier alpha value is -0.530. The fourth-order valence-corrected chi connectivity index (χ4v) is 2.55. The lowest BCUT2D eigenvalue weighted by atomic mass is 9.84. The topological polar surface area (TPSA) is 37.3 Å². The summed E-state index contributed by atoms with van der Waals surface area (Å²) >= 11 is 0. The van der Waals surface area contributed by atoms with Crippen LogP contribution in [0.4, 0.5) is 0 Å². The third kappa shape index (κ3) is 1.99. The number of carboxylic acid groups (broad SMARTS) is 1. The SMILES string of the molecule is CC1CC(C)(CC(=O)O)CC1C. The van der Waals surface area contributed by atoms with Gasteiger partial charge in [0, 0.05) is 0 Å². The number of aliphatic carboxylic acids is 1. The van der Waals surface area contributed by atoms with Crippen LogP contribution in [0, 0.1) is 17.3 Å². The minimum Gasteiger partial charge on any atom is -0.481 e. The van der Waals surface area contributed by atoms with Gasteiger partial charge in [-0.3, -0.25) is 4.79 Å². The van der Waals surface area contributed by atoms with E-state index in [4.69, 9.17) is 5.11 Å². The van der Waals surface area contributed by atoms with Gasteiger partial charge in [0.2, 0.25) is 0 Å². The van der Waals surface area contributed by atoms with Crippen molar-refractivity contribution in [3.05, 3.63) is 0 Å². The molecule has 1 rings (SSSR count). The quantitative estimate of drug-likeness (QED) is 0.691. The van der Waals surface area contributed by atoms with Crippen LogP contribution >= 0.6 is 0 Å². The monoisotopic (exact) mass is 170 g/mol. The second kappa shape index (κ2) is 3.08. The molecule has 1 saturated carbocycles. The highest BCUT2D eigenvalue weighted by molar-refractivity contribution is 5.67. The summed E-state index contributed by atoms with van der Waals surface area (Å²) in [4.78, 5) is 10.6. The van der Waals surface area contributed by atoms with E-state index in [1.807, 2.05) is 0 Å². The highest BCUT2D eigenvalue weighted by Gasteiger charge is 2.39. The molecule has 12 heavy (non-hydrogen) atoms. The van der Waals surface area contributed by atoms with E-state index in [-0.39, 0.29) is 5.41 Å². The molecule has 2 heteroatoms. The van der Waals surface area contributed by atoms with Gasteiger partial charge < -0.3 is 5.11 Å². The molecule has 1 N–H and O–H groups in total. The van der Waals surface area contributed by atoms with Gasteiger partial charge >= 0.3 is 5.97 Å². The minimum absolute atomic E-state index is 0.0602. The molecular weight excluding hydrogens is 152 g/mol. The molecular formula is C10H18O2. The smallest absolute Gasteiger partial charge is 0.303 e. The summed E-state index contributed by atoms with van der Waals surface area (Å²) in [5, 5.41) is 8.71. The Kier molecular flexibility index (Phi) is 2.45. The van der Waals surface area contributed by atoms with Crippen molar-refractivity contribution in [1.29, 1.82) is 0 Å². The maximum absolute atomic E-state index is 10.6. The lowest BCUT2D eigenvalue weighted by Gasteiger charge is -2.20. The lowest BCUT2D eigenvalue weighted by molar-refractivity contribution is -0.139. The van der Waals surface area contributed by atoms with E-state index in [9.17, 15) is 4.79 Å². The molecule has 2 nitrogen and oxygen atoms in total. The molecule has 0 saturated heterocycles. The molecule has 2 atom stereocenters. The molecule has 0 heterocycles. The van der Waals surface area contributed by atoms with Crippen LogP contribution in [0.3, 0.4) is 0 Å². The van der Waals surface area contributed by atoms with Crippen molar-refractivity contribution in [2.45, 2.75) is 40.0 Å². The Morgan fingerprint density at radius 3 is 2.17 bits per heavy atom. The summed E-state index contributed by atoms with van der Waals surface area (Å²) in [6, 6.07) is 0. The predicted molar refractivity (Wildman–Crippen MR) is 47.9 cm³/mol. The van der Waals surface area contributed by atoms with Crippen LogP contribution in [-0.4, -0.2) is 11.1 Å². The van der Waals surface area contributed by atoms with Gasteiger partial charge in [-0.1, -0.05) is 20.8 Å². The van der Waals surface area contributed by atoms with Crippen molar-refractivity contribution in [2.75, 3.05) is 0 Å². The van der Waals surface area contributed by atoms with Gasteiger partial charge in [-0.15, -0.1) is 0 Å². The Labute approximate surface area is 74.0 Å². The Morgan fingerprint density at radius 1 is 1.42 bits per heavy atom. The molecule has 0 aromatic rings. The van der Waals surface area contributed by atoms with Crippen LogP contribution in [0.2, 0.25) is 0 Å². The normalized spacial score (nSPS) is 41.6. The van der Waals surface area contributed by atoms with Crippen LogP contribution in [-0.2, 0) is 4.79 Å². The standard InChI is InChI=1S/C10H18O2/c1-7-4-10(3,5-8(7)2)6-9(11)12/h7-8H,4-6H2,1-3H3,(H,11,12). The average Bonchev–Trinajstić information content (AvgIpc) is 2.04. The molecule has 0 aromatic heterocycles. The second-order valence-electron chi connectivity index (χ2n) is 4.74. The second-order valence-corrected chi connectivity index (χ2v) is 4.74. The van der Waals surface area contributed by atoms with Crippen molar-refractivity contribution >= 4 is 5.97 Å². The van der Waals surface area contributed by atoms with E-state index in [0.717, 1.165) is 12.8 Å². The summed E-state index contributed by atoms with van der Waals surface area (Å²) in [5.74, 6) is 0.725. The summed E-state index contributed by atoms with van der Waals surface area (Å²) in [7, 11) is 0. The van der Waals surface area contributed by atoms with E-state index in [0.29, 0.717) is 18.3 Å². The van der Waals surface area contributed by atoms with E-state index in [1.54, 1.807) is 0 Å². The number of rotatable bonds is 2. The van der Waals surface area contributed by atoms with E-state index in [1.165, 1.54) is 0 Å². The van der Waals surface area contributed by atoms with Crippen molar-refractivity contribution < 1.29 is 9.90 Å². The van der Waals surface area contributed by atoms with Crippen LogP contribution in [0.5, 0.6) is 0 Å². The van der Waals surface area contributed by atoms with Crippen molar-refractivity contribution in [3.63, 3.8) is 0 Å². The zero-order valence-corrected chi connectivity index (χ0v) is 8.13. The third-order valence-electron chi connectivity index (χ3n) is 3.18. The van der Waals surface area contributed by atoms with E-state index < -0.39 is 5.97 Å². The molecule has 1 aliphatic rings. The van der Waals surface area contributed by atoms with Crippen LogP contribution < -0.4 is 0 Å². The summed E-state index contributed by atoms with van der Waals surface area (Å²) < 4.78 is 0. The Bertz CT molecular complexity index is 176. The number of hydrogen-bond donors (Lipinski definition) is 1. The van der Waals surface area contributed by atoms with Gasteiger partial charge in [0.15, 0.2) is 0 Å². The minimum atomic E-state index is -0.654. The largest absolute Gasteiger partial charge is 0.481 e. The molecule has 0 amide bonds. The van der Waals surface area contributed by atoms with Gasteiger partial charge in [0.1, 0.15) is 0 Å². The molecule has 0 bridgehead atoms. The van der Waals surface area contributed by atoms with Gasteiger partial charge in [0.25, 0.3) is 0 Å². The molecule has 70 valence electrons. The zero-order chi connectivity index (χ0) is 9.35. The van der Waals surface area contributed by atoms with Gasteiger partial charge in [-0.2, -0.15) is 0 Å². The molecule has 1 aliphatic carbocycles. The molecule has 0 aliphatic heterocycles. The highest BCUT2D eigenvalue weighted by atomic mass is 16.4. The zero-order valence-electron chi connectivity index (χ0n) is 8.13. The van der Waals surface area contributed by atoms with Gasteiger partial charge in [0.05, 0.1) is 6.42 Å². The molecule has 1 fully saturated rings. The first-order chi connectivity index (χ1) is 5.43. The predicted octanol–water partition coefficient (Wildman–Crippen LogP) is 2.53. The Balaban J connectivity index is 2.57. The maximum Gasteiger partial charge on any atom is 0.303 e. The summed E-state index contributed by atoms with van der Waals surface area (Å²) in [5.41, 5.74) is 0.0602. The molecule has 0 spiro atoms. The fraction of sp³-hybridized carbons (Fsp3) is 0.900. The highest BCUT2D eigenvalue weighted by Crippen LogP contribution is 2.47. The molecule has 2 unspecified atom stereocenters. The number of carbonyl (C=O) groups is 1. The first-order valence-corrected chi connectivity index (χ1v) is 4.65. The maximum atomic E-state index is 10.6. The first-order valence-electron chi connectivity index (χ1n) is 4.65. The van der Waals surface area contributed by atoms with Crippen LogP contribution in [0.15, 0.2) is 0 Å². The summed E-state index contributed by atoms with van der Waals surface area (Å²) in [6.45, 7) is 6.54. The summed E-state index contributed by atoms with van der Waals surface area (Å²) in [6.07, 6.45) is 2.47. The van der Waals surface area contributed by atoms with Crippen molar-refractivity contribution in [2.24, 2.45) is 17.3 Å². The molecule has 0 radical (unpaired) electrons. The number of hydrogen-bond acceptors (Lipinski definition) is 1. The Morgan fingerprint density at radius 2 is 1.83 bits per heavy atom. The van der Waals surface area contributed by atoms with E-state index in [2.05, 4.69) is 20.8 Å². The van der Waals surface area contributed by atoms with E-state index >= 15 is 0 Å². The molecule has 0 aromatic carbocycles. The van der Waals surface area contributed by atoms with Crippen LogP contribution in [0.1, 0.15) is 40.0 Å². The lowest BCUT2D eigenvalue weighted by Crippen LogP contribution is -2.17. The third-order valence-corrected chi connectivity index (χ3v) is 3.18. The van der Waals surface area contributed by atoms with Crippen molar-refractivity contribution in [1.82, 2.24) is 0 Å². The average molecular weight is 170 g/mol. The van der Waals surface area contributed by atoms with Crippen LogP contribution in [0.25, 0.3) is 0 Å². The van der Waals surface area contributed by atoms with Crippen molar-refractivity contribution in [3.8, 4) is 0 Å². The van der Waals surface area contributed by atoms with Gasteiger partial charge in [-0.25, -0.2) is 0 Å². The first kappa shape index (κ1) is 9.56.